The van der Waals surface area contributed by atoms with Crippen molar-refractivity contribution in [1.82, 2.24) is 25.3 Å². The first-order chi connectivity index (χ1) is 14.7. The fourth-order valence-corrected chi connectivity index (χ4v) is 3.31. The highest BCUT2D eigenvalue weighted by Gasteiger charge is 2.66. The third-order valence-electron chi connectivity index (χ3n) is 4.75. The van der Waals surface area contributed by atoms with Gasteiger partial charge >= 0.3 is 18.2 Å². The molecular weight excluding hydrogens is 421 g/mol. The average Bonchev–Trinajstić information content (AvgIpc) is 2.77. The van der Waals surface area contributed by atoms with Crippen LogP contribution in [0.5, 0.6) is 5.88 Å². The number of ketones is 1. The molecule has 164 valence electrons. The lowest BCUT2D eigenvalue weighted by atomic mass is 9.80. The first kappa shape index (κ1) is 22.1. The first-order valence-electron chi connectivity index (χ1n) is 9.06. The van der Waals surface area contributed by atoms with Crippen LogP contribution < -0.4 is 16.0 Å². The van der Waals surface area contributed by atoms with Crippen molar-refractivity contribution in [3.63, 3.8) is 0 Å². The summed E-state index contributed by atoms with van der Waals surface area (Å²) in [6.45, 7) is -0.377. The van der Waals surface area contributed by atoms with Crippen molar-refractivity contribution >= 4 is 17.8 Å². The van der Waals surface area contributed by atoms with Crippen molar-refractivity contribution in [3.05, 3.63) is 48.2 Å². The number of aromatic nitrogens is 3. The van der Waals surface area contributed by atoms with Crippen molar-refractivity contribution < 1.29 is 32.3 Å². The summed E-state index contributed by atoms with van der Waals surface area (Å²) < 4.78 is 47.9. The number of ether oxygens (including phenoxy) is 1. The molecule has 1 aliphatic rings. The van der Waals surface area contributed by atoms with E-state index in [-0.39, 0.29) is 19.4 Å². The molecule has 2 aromatic rings. The second-order valence-corrected chi connectivity index (χ2v) is 6.57. The number of likely N-dealkylation sites (tertiary alicyclic amines) is 1. The number of nitrogens with zero attached hydrogens (tertiary/aromatic N) is 4. The number of nitrogens with two attached hydrogens (primary N) is 1. The molecule has 0 saturated carbocycles. The molecule has 1 atom stereocenters. The van der Waals surface area contributed by atoms with Crippen LogP contribution in [-0.2, 0) is 0 Å². The van der Waals surface area contributed by atoms with Gasteiger partial charge in [0.1, 0.15) is 5.69 Å². The minimum atomic E-state index is -5.10. The number of piperidine rings is 1. The molecular formula is C18H17F3N6O4. The second kappa shape index (κ2) is 8.63. The summed E-state index contributed by atoms with van der Waals surface area (Å²) in [5.41, 5.74) is -1.80. The van der Waals surface area contributed by atoms with Gasteiger partial charge in [-0.3, -0.25) is 24.9 Å². The van der Waals surface area contributed by atoms with Crippen LogP contribution in [0, 0.1) is 0 Å². The summed E-state index contributed by atoms with van der Waals surface area (Å²) >= 11 is 0. The number of pyridine rings is 1. The van der Waals surface area contributed by atoms with E-state index in [1.165, 1.54) is 18.3 Å². The van der Waals surface area contributed by atoms with Crippen LogP contribution in [0.3, 0.4) is 0 Å². The quantitative estimate of drug-likeness (QED) is 0.318. The fraction of sp³-hybridized carbons (Fsp3) is 0.333. The number of Topliss-reactive ketones (excluding diaryl/α,β-unsaturated/α-hetero) is 1. The maximum atomic E-state index is 14.3. The summed E-state index contributed by atoms with van der Waals surface area (Å²) in [7, 11) is 0. The van der Waals surface area contributed by atoms with Crippen molar-refractivity contribution in [1.29, 1.82) is 0 Å². The topological polar surface area (TPSA) is 140 Å². The molecule has 0 aromatic carbocycles. The number of nitrogens with one attached hydrogen (secondary N) is 1. The van der Waals surface area contributed by atoms with Gasteiger partial charge in [-0.1, -0.05) is 6.07 Å². The molecule has 2 amide bonds. The minimum absolute atomic E-state index is 0.0657. The number of hydrogen-bond acceptors (Lipinski definition) is 8. The lowest BCUT2D eigenvalue weighted by Crippen LogP contribution is -2.67. The smallest absolute Gasteiger partial charge is 0.391 e. The Hall–Kier alpha value is -3.61. The highest BCUT2D eigenvalue weighted by molar-refractivity contribution is 6.04. The standard InChI is InChI=1S/C18H17F3N6O4/c19-18(20,21)17(13(28)11-5-1-3-8-23-11)7-2-4-10-27(17)16(30)31-12-6-9-24-14(25-12)15(29)26-22/h1,3,5-6,8-9H,2,4,7,10,22H2,(H,26,29). The van der Waals surface area contributed by atoms with E-state index in [1.807, 2.05) is 0 Å². The molecule has 0 radical (unpaired) electrons. The molecule has 3 heterocycles. The number of hydrazine groups is 1. The SMILES string of the molecule is NNC(=O)c1nccc(OC(=O)N2CCCCC2(C(=O)c2ccccn2)C(F)(F)F)n1. The Kier molecular flexibility index (Phi) is 6.15. The molecule has 3 N–H and O–H groups in total. The Morgan fingerprint density at radius 2 is 1.90 bits per heavy atom. The zero-order valence-electron chi connectivity index (χ0n) is 15.9. The van der Waals surface area contributed by atoms with E-state index >= 15 is 0 Å². The molecule has 0 spiro atoms. The number of carbonyl (C=O) groups is 3. The van der Waals surface area contributed by atoms with Crippen molar-refractivity contribution in [2.75, 3.05) is 6.54 Å². The van der Waals surface area contributed by atoms with Crippen LogP contribution in [0.4, 0.5) is 18.0 Å². The maximum Gasteiger partial charge on any atom is 0.419 e. The van der Waals surface area contributed by atoms with Crippen LogP contribution in [-0.4, -0.2) is 55.9 Å². The van der Waals surface area contributed by atoms with Gasteiger partial charge in [0.05, 0.1) is 0 Å². The first-order valence-corrected chi connectivity index (χ1v) is 9.06. The van der Waals surface area contributed by atoms with Crippen molar-refractivity contribution in [2.24, 2.45) is 5.84 Å². The predicted molar refractivity (Wildman–Crippen MR) is 97.6 cm³/mol. The Morgan fingerprint density at radius 3 is 2.55 bits per heavy atom. The van der Waals surface area contributed by atoms with Crippen LogP contribution >= 0.6 is 0 Å². The zero-order chi connectivity index (χ0) is 22.6. The number of alkyl halides is 3. The zero-order valence-corrected chi connectivity index (χ0v) is 15.9. The van der Waals surface area contributed by atoms with Crippen LogP contribution in [0.2, 0.25) is 0 Å². The summed E-state index contributed by atoms with van der Waals surface area (Å²) in [6.07, 6.45) is -4.65. The Labute approximate surface area is 173 Å². The lowest BCUT2D eigenvalue weighted by Gasteiger charge is -2.45. The molecule has 3 rings (SSSR count). The molecule has 1 saturated heterocycles. The normalized spacial score (nSPS) is 18.9. The number of amides is 2. The van der Waals surface area contributed by atoms with Gasteiger partial charge in [-0.2, -0.15) is 18.2 Å². The molecule has 0 aliphatic carbocycles. The molecule has 10 nitrogen and oxygen atoms in total. The van der Waals surface area contributed by atoms with E-state index < -0.39 is 53.3 Å². The van der Waals surface area contributed by atoms with E-state index in [0.29, 0.717) is 4.90 Å². The summed E-state index contributed by atoms with van der Waals surface area (Å²) in [4.78, 5) is 48.6. The largest absolute Gasteiger partial charge is 0.419 e. The summed E-state index contributed by atoms with van der Waals surface area (Å²) in [5.74, 6) is 1.78. The van der Waals surface area contributed by atoms with Gasteiger partial charge in [0.25, 0.3) is 0 Å². The highest BCUT2D eigenvalue weighted by atomic mass is 19.4. The summed E-state index contributed by atoms with van der Waals surface area (Å²) in [5, 5.41) is 0. The molecule has 31 heavy (non-hydrogen) atoms. The van der Waals surface area contributed by atoms with Gasteiger partial charge in [-0.25, -0.2) is 15.6 Å². The maximum absolute atomic E-state index is 14.3. The number of halogens is 3. The van der Waals surface area contributed by atoms with Gasteiger partial charge in [-0.15, -0.1) is 0 Å². The van der Waals surface area contributed by atoms with E-state index in [2.05, 4.69) is 15.0 Å². The van der Waals surface area contributed by atoms with Gasteiger partial charge in [0.15, 0.2) is 0 Å². The number of carbonyl (C=O) groups excluding carboxylic acids is 3. The Morgan fingerprint density at radius 1 is 1.13 bits per heavy atom. The van der Waals surface area contributed by atoms with Crippen LogP contribution in [0.1, 0.15) is 40.4 Å². The molecule has 13 heteroatoms. The minimum Gasteiger partial charge on any atom is -0.391 e. The monoisotopic (exact) mass is 438 g/mol. The number of hydrogen-bond donors (Lipinski definition) is 2. The average molecular weight is 438 g/mol. The lowest BCUT2D eigenvalue weighted by molar-refractivity contribution is -0.213. The highest BCUT2D eigenvalue weighted by Crippen LogP contribution is 2.44. The van der Waals surface area contributed by atoms with Gasteiger partial charge < -0.3 is 4.74 Å². The van der Waals surface area contributed by atoms with Crippen molar-refractivity contribution in [3.8, 4) is 5.88 Å². The second-order valence-electron chi connectivity index (χ2n) is 6.57. The third-order valence-corrected chi connectivity index (χ3v) is 4.75. The molecule has 1 aliphatic heterocycles. The molecule has 1 fully saturated rings. The van der Waals surface area contributed by atoms with E-state index in [0.717, 1.165) is 18.3 Å². The van der Waals surface area contributed by atoms with Crippen LogP contribution in [0.15, 0.2) is 36.7 Å². The van der Waals surface area contributed by atoms with Crippen molar-refractivity contribution in [2.45, 2.75) is 31.0 Å². The van der Waals surface area contributed by atoms with Crippen LogP contribution in [0.25, 0.3) is 0 Å². The Balaban J connectivity index is 1.98. The number of rotatable bonds is 4. The predicted octanol–water partition coefficient (Wildman–Crippen LogP) is 1.64. The van der Waals surface area contributed by atoms with Gasteiger partial charge in [-0.05, 0) is 31.4 Å². The number of nitrogen functional groups attached to an aromatic ring is 1. The van der Waals surface area contributed by atoms with E-state index in [4.69, 9.17) is 10.6 Å². The fourth-order valence-electron chi connectivity index (χ4n) is 3.31. The molecule has 1 unspecified atom stereocenters. The molecule has 0 bridgehead atoms. The summed E-state index contributed by atoms with van der Waals surface area (Å²) in [6, 6.07) is 5.05. The van der Waals surface area contributed by atoms with E-state index in [1.54, 1.807) is 5.43 Å². The third kappa shape index (κ3) is 4.17. The Bertz CT molecular complexity index is 988. The van der Waals surface area contributed by atoms with Gasteiger partial charge in [0, 0.05) is 25.0 Å². The van der Waals surface area contributed by atoms with Gasteiger partial charge in [0.2, 0.25) is 23.0 Å². The molecule has 2 aromatic heterocycles. The van der Waals surface area contributed by atoms with E-state index in [9.17, 15) is 27.6 Å².